The van der Waals surface area contributed by atoms with E-state index in [2.05, 4.69) is 15.3 Å². The molecule has 0 radical (unpaired) electrons. The molecule has 0 saturated heterocycles. The maximum atomic E-state index is 10.5. The van der Waals surface area contributed by atoms with Crippen molar-refractivity contribution in [1.29, 1.82) is 0 Å². The number of nitrogens with zero attached hydrogens (tertiary/aromatic N) is 3. The Morgan fingerprint density at radius 3 is 2.78 bits per heavy atom. The Balaban J connectivity index is 1.72. The van der Waals surface area contributed by atoms with Crippen molar-refractivity contribution in [3.8, 4) is 0 Å². The van der Waals surface area contributed by atoms with Gasteiger partial charge in [-0.1, -0.05) is 0 Å². The molecule has 1 unspecified atom stereocenters. The molecule has 122 valence electrons. The molecule has 0 bridgehead atoms. The van der Waals surface area contributed by atoms with Crippen LogP contribution in [0.1, 0.15) is 35.5 Å². The van der Waals surface area contributed by atoms with Crippen molar-refractivity contribution in [2.24, 2.45) is 0 Å². The van der Waals surface area contributed by atoms with Crippen LogP contribution in [0.5, 0.6) is 0 Å². The molecule has 23 heavy (non-hydrogen) atoms. The largest absolute Gasteiger partial charge is 0.463 e. The molecule has 1 atom stereocenters. The molecule has 6 nitrogen and oxygen atoms in total. The van der Waals surface area contributed by atoms with E-state index >= 15 is 0 Å². The van der Waals surface area contributed by atoms with E-state index in [4.69, 9.17) is 4.42 Å². The van der Waals surface area contributed by atoms with Crippen LogP contribution >= 0.6 is 0 Å². The van der Waals surface area contributed by atoms with E-state index < -0.39 is 5.60 Å². The molecule has 2 N–H and O–H groups in total. The number of imidazole rings is 1. The summed E-state index contributed by atoms with van der Waals surface area (Å²) in [6.45, 7) is 8.57. The van der Waals surface area contributed by atoms with Crippen molar-refractivity contribution < 1.29 is 9.52 Å². The van der Waals surface area contributed by atoms with Crippen LogP contribution in [0.4, 0.5) is 0 Å². The summed E-state index contributed by atoms with van der Waals surface area (Å²) >= 11 is 0. The molecule has 6 heteroatoms. The number of aromatic nitrogens is 3. The van der Waals surface area contributed by atoms with E-state index in [1.165, 1.54) is 0 Å². The third-order valence-corrected chi connectivity index (χ3v) is 3.91. The van der Waals surface area contributed by atoms with Gasteiger partial charge < -0.3 is 14.8 Å². The number of rotatable bonds is 5. The molecule has 0 amide bonds. The Hall–Kier alpha value is -2.18. The lowest BCUT2D eigenvalue weighted by Crippen LogP contribution is -2.35. The molecule has 0 aliphatic carbocycles. The van der Waals surface area contributed by atoms with Gasteiger partial charge in [0, 0.05) is 24.5 Å². The second kappa shape index (κ2) is 5.79. The Kier molecular flexibility index (Phi) is 3.95. The van der Waals surface area contributed by atoms with Gasteiger partial charge in [-0.25, -0.2) is 9.97 Å². The fraction of sp³-hybridized carbons (Fsp3) is 0.412. The summed E-state index contributed by atoms with van der Waals surface area (Å²) in [4.78, 5) is 8.77. The predicted octanol–water partition coefficient (Wildman–Crippen LogP) is 2.24. The van der Waals surface area contributed by atoms with Crippen LogP contribution in [0.3, 0.4) is 0 Å². The van der Waals surface area contributed by atoms with Crippen LogP contribution in [0.2, 0.25) is 0 Å². The third kappa shape index (κ3) is 3.13. The molecule has 3 heterocycles. The predicted molar refractivity (Wildman–Crippen MR) is 87.2 cm³/mol. The maximum absolute atomic E-state index is 10.5. The fourth-order valence-electron chi connectivity index (χ4n) is 2.77. The van der Waals surface area contributed by atoms with E-state index in [-0.39, 0.29) is 0 Å². The van der Waals surface area contributed by atoms with Gasteiger partial charge in [0.05, 0.1) is 11.9 Å². The first kappa shape index (κ1) is 15.7. The SMILES string of the molecule is Cc1cc(C)n2c(CNCC(C)(O)c3ccc(C)o3)cnc2n1. The van der Waals surface area contributed by atoms with Crippen LogP contribution < -0.4 is 5.32 Å². The highest BCUT2D eigenvalue weighted by atomic mass is 16.4. The van der Waals surface area contributed by atoms with Gasteiger partial charge in [0.15, 0.2) is 0 Å². The first-order valence-electron chi connectivity index (χ1n) is 7.67. The third-order valence-electron chi connectivity index (χ3n) is 3.91. The van der Waals surface area contributed by atoms with Crippen molar-refractivity contribution >= 4 is 5.78 Å². The Morgan fingerprint density at radius 1 is 1.30 bits per heavy atom. The Labute approximate surface area is 135 Å². The van der Waals surface area contributed by atoms with Crippen molar-refractivity contribution in [3.63, 3.8) is 0 Å². The van der Waals surface area contributed by atoms with Crippen LogP contribution in [-0.4, -0.2) is 26.0 Å². The average Bonchev–Trinajstić information content (AvgIpc) is 3.06. The average molecular weight is 314 g/mol. The highest BCUT2D eigenvalue weighted by Crippen LogP contribution is 2.22. The highest BCUT2D eigenvalue weighted by Gasteiger charge is 2.26. The van der Waals surface area contributed by atoms with E-state index in [1.54, 1.807) is 6.92 Å². The Bertz CT molecular complexity index is 832. The van der Waals surface area contributed by atoms with Crippen LogP contribution in [0.15, 0.2) is 28.8 Å². The monoisotopic (exact) mass is 314 g/mol. The van der Waals surface area contributed by atoms with E-state index in [0.29, 0.717) is 24.6 Å². The van der Waals surface area contributed by atoms with Gasteiger partial charge in [-0.15, -0.1) is 0 Å². The topological polar surface area (TPSA) is 75.6 Å². The van der Waals surface area contributed by atoms with Gasteiger partial charge in [0.25, 0.3) is 0 Å². The zero-order valence-corrected chi connectivity index (χ0v) is 13.9. The lowest BCUT2D eigenvalue weighted by atomic mass is 10.0. The zero-order valence-electron chi connectivity index (χ0n) is 13.9. The Morgan fingerprint density at radius 2 is 2.09 bits per heavy atom. The minimum atomic E-state index is -1.06. The summed E-state index contributed by atoms with van der Waals surface area (Å²) in [6.07, 6.45) is 1.81. The molecule has 0 aromatic carbocycles. The van der Waals surface area contributed by atoms with Crippen molar-refractivity contribution in [1.82, 2.24) is 19.7 Å². The summed E-state index contributed by atoms with van der Waals surface area (Å²) in [7, 11) is 0. The van der Waals surface area contributed by atoms with Crippen LogP contribution in [0, 0.1) is 20.8 Å². The van der Waals surface area contributed by atoms with Crippen molar-refractivity contribution in [2.75, 3.05) is 6.54 Å². The molecule has 0 spiro atoms. The number of aryl methyl sites for hydroxylation is 3. The molecule has 0 saturated carbocycles. The van der Waals surface area contributed by atoms with Gasteiger partial charge in [-0.05, 0) is 45.9 Å². The van der Waals surface area contributed by atoms with Crippen LogP contribution in [0.25, 0.3) is 5.78 Å². The summed E-state index contributed by atoms with van der Waals surface area (Å²) < 4.78 is 7.54. The summed E-state index contributed by atoms with van der Waals surface area (Å²) in [5, 5.41) is 13.8. The normalized spacial score (nSPS) is 14.3. The molecule has 0 aliphatic heterocycles. The van der Waals surface area contributed by atoms with E-state index in [1.807, 2.05) is 49.6 Å². The standard InChI is InChI=1S/C17H22N4O2/c1-11-7-12(2)21-14(9-19-16(21)20-11)8-18-10-17(4,22)15-6-5-13(3)23-15/h5-7,9,18,22H,8,10H2,1-4H3. The van der Waals surface area contributed by atoms with E-state index in [9.17, 15) is 5.11 Å². The lowest BCUT2D eigenvalue weighted by Gasteiger charge is -2.21. The van der Waals surface area contributed by atoms with Gasteiger partial charge in [-0.2, -0.15) is 0 Å². The molecule has 3 rings (SSSR count). The van der Waals surface area contributed by atoms with Crippen molar-refractivity contribution in [3.05, 3.63) is 53.0 Å². The zero-order chi connectivity index (χ0) is 16.6. The van der Waals surface area contributed by atoms with Gasteiger partial charge in [0.1, 0.15) is 17.1 Å². The number of hydrogen-bond acceptors (Lipinski definition) is 5. The number of nitrogens with one attached hydrogen (secondary N) is 1. The quantitative estimate of drug-likeness (QED) is 0.755. The molecular formula is C17H22N4O2. The van der Waals surface area contributed by atoms with Crippen LogP contribution in [-0.2, 0) is 12.1 Å². The highest BCUT2D eigenvalue weighted by molar-refractivity contribution is 5.35. The number of furan rings is 1. The number of fused-ring (bicyclic) bond motifs is 1. The molecule has 3 aromatic rings. The molecular weight excluding hydrogens is 292 g/mol. The minimum Gasteiger partial charge on any atom is -0.463 e. The second-order valence-electron chi connectivity index (χ2n) is 6.21. The molecule has 3 aromatic heterocycles. The number of aliphatic hydroxyl groups is 1. The van der Waals surface area contributed by atoms with Crippen molar-refractivity contribution in [2.45, 2.75) is 39.8 Å². The first-order valence-corrected chi connectivity index (χ1v) is 7.67. The van der Waals surface area contributed by atoms with Gasteiger partial charge >= 0.3 is 0 Å². The second-order valence-corrected chi connectivity index (χ2v) is 6.21. The minimum absolute atomic E-state index is 0.380. The number of hydrogen-bond donors (Lipinski definition) is 2. The lowest BCUT2D eigenvalue weighted by molar-refractivity contribution is 0.0332. The molecule has 0 fully saturated rings. The maximum Gasteiger partial charge on any atom is 0.234 e. The summed E-state index contributed by atoms with van der Waals surface area (Å²) in [6, 6.07) is 5.69. The molecule has 0 aliphatic rings. The van der Waals surface area contributed by atoms with Gasteiger partial charge in [0.2, 0.25) is 5.78 Å². The van der Waals surface area contributed by atoms with E-state index in [0.717, 1.165) is 22.8 Å². The summed E-state index contributed by atoms with van der Waals surface area (Å²) in [5.41, 5.74) is 2.00. The van der Waals surface area contributed by atoms with Gasteiger partial charge in [-0.3, -0.25) is 4.40 Å². The summed E-state index contributed by atoms with van der Waals surface area (Å²) in [5.74, 6) is 2.06. The fourth-order valence-corrected chi connectivity index (χ4v) is 2.77. The first-order chi connectivity index (χ1) is 10.9. The smallest absolute Gasteiger partial charge is 0.234 e.